The Morgan fingerprint density at radius 2 is 1.91 bits per heavy atom. The maximum absolute atomic E-state index is 13.9. The van der Waals surface area contributed by atoms with Crippen LogP contribution in [0.3, 0.4) is 0 Å². The molecule has 1 amide bonds. The molecule has 2 aliphatic rings. The molecule has 8 N–H and O–H groups in total. The number of hydrogen-bond donors (Lipinski definition) is 5. The Morgan fingerprint density at radius 1 is 1.24 bits per heavy atom. The van der Waals surface area contributed by atoms with Crippen molar-refractivity contribution >= 4 is 34.9 Å². The van der Waals surface area contributed by atoms with E-state index >= 15 is 0 Å². The molecule has 1 aromatic carbocycles. The van der Waals surface area contributed by atoms with Gasteiger partial charge in [0.1, 0.15) is 23.2 Å². The van der Waals surface area contributed by atoms with Crippen LogP contribution in [0.4, 0.5) is 4.39 Å². The zero-order chi connectivity index (χ0) is 24.5. The maximum atomic E-state index is 13.9. The number of nitrogens with zero attached hydrogens (tertiary/aromatic N) is 2. The van der Waals surface area contributed by atoms with E-state index in [1.165, 1.54) is 18.2 Å². The maximum Gasteiger partial charge on any atom is 0.294 e. The van der Waals surface area contributed by atoms with E-state index < -0.39 is 11.7 Å². The molecule has 0 atom stereocenters. The lowest BCUT2D eigenvalue weighted by molar-refractivity contribution is -0.114. The summed E-state index contributed by atoms with van der Waals surface area (Å²) in [6, 6.07) is 2.65. The molecule has 1 aromatic rings. The number of carbonyl (C=O) groups excluding carboxylic acids is 1. The second-order valence-electron chi connectivity index (χ2n) is 7.43. The molecule has 0 saturated carbocycles. The van der Waals surface area contributed by atoms with E-state index in [-0.39, 0.29) is 29.0 Å². The van der Waals surface area contributed by atoms with Gasteiger partial charge in [-0.1, -0.05) is 23.2 Å². The SMILES string of the molecule is C=C.NC(=NC(=O)/C(N)=C/C1=C(N)NCCN1Cc1c(Cl)ccc(F)c1Cl)C1CCNCC1. The van der Waals surface area contributed by atoms with Gasteiger partial charge in [-0.3, -0.25) is 4.79 Å². The van der Waals surface area contributed by atoms with Gasteiger partial charge in [0.25, 0.3) is 5.91 Å². The number of amidine groups is 1. The van der Waals surface area contributed by atoms with Crippen molar-refractivity contribution in [3.8, 4) is 0 Å². The third-order valence-corrected chi connectivity index (χ3v) is 6.09. The molecule has 0 aromatic heterocycles. The van der Waals surface area contributed by atoms with Crippen LogP contribution >= 0.6 is 23.2 Å². The average molecular weight is 498 g/mol. The highest BCUT2D eigenvalue weighted by atomic mass is 35.5. The lowest BCUT2D eigenvalue weighted by Gasteiger charge is -2.32. The molecule has 11 heteroatoms. The summed E-state index contributed by atoms with van der Waals surface area (Å²) in [6.45, 7) is 8.90. The van der Waals surface area contributed by atoms with Crippen LogP contribution in [0, 0.1) is 11.7 Å². The Kier molecular flexibility index (Phi) is 10.0. The van der Waals surface area contributed by atoms with Gasteiger partial charge < -0.3 is 32.7 Å². The molecule has 180 valence electrons. The molecule has 33 heavy (non-hydrogen) atoms. The van der Waals surface area contributed by atoms with Crippen LogP contribution in [0.1, 0.15) is 18.4 Å². The average Bonchev–Trinajstić information content (AvgIpc) is 2.83. The van der Waals surface area contributed by atoms with Gasteiger partial charge in [-0.15, -0.1) is 13.2 Å². The third-order valence-electron chi connectivity index (χ3n) is 5.33. The van der Waals surface area contributed by atoms with Crippen molar-refractivity contribution in [2.24, 2.45) is 28.1 Å². The van der Waals surface area contributed by atoms with Gasteiger partial charge in [-0.05, 0) is 44.1 Å². The Bertz CT molecular complexity index is 958. The van der Waals surface area contributed by atoms with Crippen LogP contribution in [-0.4, -0.2) is 42.8 Å². The van der Waals surface area contributed by atoms with E-state index in [0.717, 1.165) is 25.9 Å². The van der Waals surface area contributed by atoms with Crippen molar-refractivity contribution in [3.05, 3.63) is 70.0 Å². The minimum Gasteiger partial charge on any atom is -0.394 e. The predicted molar refractivity (Wildman–Crippen MR) is 132 cm³/mol. The summed E-state index contributed by atoms with van der Waals surface area (Å²) in [5, 5.41) is 6.53. The molecule has 0 spiro atoms. The molecule has 0 radical (unpaired) electrons. The number of hydrogen-bond acceptors (Lipinski definition) is 6. The molecule has 2 heterocycles. The Morgan fingerprint density at radius 3 is 2.58 bits per heavy atom. The highest BCUT2D eigenvalue weighted by Crippen LogP contribution is 2.30. The Balaban J connectivity index is 0.00000187. The quantitative estimate of drug-likeness (QED) is 0.138. The summed E-state index contributed by atoms with van der Waals surface area (Å²) >= 11 is 12.3. The van der Waals surface area contributed by atoms with Crippen LogP contribution in [0.2, 0.25) is 10.0 Å². The molecule has 2 aliphatic heterocycles. The number of benzene rings is 1. The van der Waals surface area contributed by atoms with Crippen LogP contribution in [0.15, 0.2) is 53.6 Å². The summed E-state index contributed by atoms with van der Waals surface area (Å²) < 4.78 is 13.9. The number of aliphatic imine (C=N–C) groups is 1. The first-order chi connectivity index (χ1) is 15.8. The molecular formula is C22H30Cl2FN7O. The summed E-state index contributed by atoms with van der Waals surface area (Å²) in [6.07, 6.45) is 3.07. The van der Waals surface area contributed by atoms with Gasteiger partial charge in [0.05, 0.1) is 10.7 Å². The fourth-order valence-electron chi connectivity index (χ4n) is 3.54. The van der Waals surface area contributed by atoms with E-state index in [1.54, 1.807) is 0 Å². The first-order valence-corrected chi connectivity index (χ1v) is 11.2. The largest absolute Gasteiger partial charge is 0.394 e. The van der Waals surface area contributed by atoms with Crippen LogP contribution < -0.4 is 27.8 Å². The smallest absolute Gasteiger partial charge is 0.294 e. The predicted octanol–water partition coefficient (Wildman–Crippen LogP) is 2.19. The number of nitrogens with two attached hydrogens (primary N) is 3. The van der Waals surface area contributed by atoms with E-state index in [4.69, 9.17) is 40.4 Å². The second-order valence-corrected chi connectivity index (χ2v) is 8.22. The second kappa shape index (κ2) is 12.5. The minimum absolute atomic E-state index is 0.0485. The monoisotopic (exact) mass is 497 g/mol. The molecule has 8 nitrogen and oxygen atoms in total. The van der Waals surface area contributed by atoms with Crippen molar-refractivity contribution in [2.45, 2.75) is 19.4 Å². The van der Waals surface area contributed by atoms with Crippen molar-refractivity contribution in [1.82, 2.24) is 15.5 Å². The zero-order valence-corrected chi connectivity index (χ0v) is 19.9. The number of rotatable bonds is 5. The summed E-state index contributed by atoms with van der Waals surface area (Å²) in [5.74, 6) is -0.554. The van der Waals surface area contributed by atoms with Gasteiger partial charge in [0.2, 0.25) is 0 Å². The number of amides is 1. The third kappa shape index (κ3) is 6.86. The molecular weight excluding hydrogens is 468 g/mol. The number of halogens is 3. The summed E-state index contributed by atoms with van der Waals surface area (Å²) in [5.41, 5.74) is 18.9. The molecule has 1 saturated heterocycles. The van der Waals surface area contributed by atoms with Crippen LogP contribution in [0.5, 0.6) is 0 Å². The van der Waals surface area contributed by atoms with Crippen LogP contribution in [0.25, 0.3) is 0 Å². The van der Waals surface area contributed by atoms with E-state index in [1.807, 2.05) is 4.90 Å². The highest BCUT2D eigenvalue weighted by Gasteiger charge is 2.22. The van der Waals surface area contributed by atoms with Crippen molar-refractivity contribution in [2.75, 3.05) is 26.2 Å². The first-order valence-electron chi connectivity index (χ1n) is 10.4. The fraction of sp³-hybridized carbons (Fsp3) is 0.364. The lowest BCUT2D eigenvalue weighted by Crippen LogP contribution is -2.41. The standard InChI is InChI=1S/C20H26Cl2FN7O.C2H4/c21-13-1-2-14(23)17(22)12(13)10-30-8-7-28-19(26)16(30)9-15(24)20(31)29-18(25)11-3-5-27-6-4-11;1-2/h1-2,9,11,27-28H,3-8,10,24,26H2,(H2,25,29,31);1-2H2/b15-9-;. The fourth-order valence-corrected chi connectivity index (χ4v) is 4.03. The summed E-state index contributed by atoms with van der Waals surface area (Å²) in [7, 11) is 0. The number of nitrogens with one attached hydrogen (secondary N) is 2. The zero-order valence-electron chi connectivity index (χ0n) is 18.3. The normalized spacial score (nSPS) is 17.8. The Hall–Kier alpha value is -2.75. The molecule has 0 bridgehead atoms. The number of piperidine rings is 1. The van der Waals surface area contributed by atoms with Gasteiger partial charge in [-0.25, -0.2) is 4.39 Å². The topological polar surface area (TPSA) is 135 Å². The van der Waals surface area contributed by atoms with Gasteiger partial charge >= 0.3 is 0 Å². The van der Waals surface area contributed by atoms with Crippen molar-refractivity contribution < 1.29 is 9.18 Å². The van der Waals surface area contributed by atoms with Gasteiger partial charge in [0, 0.05) is 36.1 Å². The molecule has 0 aliphatic carbocycles. The lowest BCUT2D eigenvalue weighted by atomic mass is 9.97. The highest BCUT2D eigenvalue weighted by molar-refractivity contribution is 6.36. The van der Waals surface area contributed by atoms with Gasteiger partial charge in [0.15, 0.2) is 0 Å². The van der Waals surface area contributed by atoms with Crippen LogP contribution in [-0.2, 0) is 11.3 Å². The first kappa shape index (κ1) is 26.5. The number of allylic oxidation sites excluding steroid dienone is 1. The van der Waals surface area contributed by atoms with Crippen molar-refractivity contribution in [3.63, 3.8) is 0 Å². The molecule has 0 unspecified atom stereocenters. The minimum atomic E-state index is -0.635. The van der Waals surface area contributed by atoms with E-state index in [0.29, 0.717) is 35.2 Å². The Labute approximate surface area is 203 Å². The van der Waals surface area contributed by atoms with Crippen molar-refractivity contribution in [1.29, 1.82) is 0 Å². The van der Waals surface area contributed by atoms with Gasteiger partial charge in [-0.2, -0.15) is 4.99 Å². The van der Waals surface area contributed by atoms with E-state index in [2.05, 4.69) is 28.8 Å². The number of carbonyl (C=O) groups is 1. The van der Waals surface area contributed by atoms with E-state index in [9.17, 15) is 9.18 Å². The molecule has 3 rings (SSSR count). The molecule has 1 fully saturated rings. The summed E-state index contributed by atoms with van der Waals surface area (Å²) in [4.78, 5) is 18.3.